The number of carbonyl (C=O) groups is 1. The molecule has 3 nitrogen and oxygen atoms in total. The quantitative estimate of drug-likeness (QED) is 0.638. The Morgan fingerprint density at radius 1 is 0.885 bits per heavy atom. The molecule has 4 rings (SSSR count). The van der Waals surface area contributed by atoms with Gasteiger partial charge in [-0.3, -0.25) is 4.79 Å². The fraction of sp³-hybridized carbons (Fsp3) is 0.0455. The second kappa shape index (κ2) is 7.50. The molecule has 0 spiro atoms. The molecule has 0 unspecified atom stereocenters. The number of anilines is 1. The number of rotatable bonds is 4. The first-order valence-corrected chi connectivity index (χ1v) is 9.17. The number of hydrogen-bond donors (Lipinski definition) is 1. The van der Waals surface area contributed by atoms with E-state index in [1.54, 1.807) is 0 Å². The first kappa shape index (κ1) is 16.5. The molecule has 1 N–H and O–H groups in total. The van der Waals surface area contributed by atoms with E-state index in [9.17, 15) is 4.79 Å². The maximum absolute atomic E-state index is 12.4. The largest absolute Gasteiger partial charge is 0.488 e. The van der Waals surface area contributed by atoms with Gasteiger partial charge in [-0.25, -0.2) is 0 Å². The Kier molecular flexibility index (Phi) is 4.75. The van der Waals surface area contributed by atoms with Crippen molar-refractivity contribution < 1.29 is 9.53 Å². The molecule has 0 aromatic heterocycles. The van der Waals surface area contributed by atoms with Crippen molar-refractivity contribution in [1.82, 2.24) is 0 Å². The minimum Gasteiger partial charge on any atom is -0.488 e. The second-order valence-corrected chi connectivity index (χ2v) is 6.96. The van der Waals surface area contributed by atoms with Gasteiger partial charge in [0, 0.05) is 10.5 Å². The average molecular weight is 359 g/mol. The fourth-order valence-corrected chi connectivity index (χ4v) is 3.65. The van der Waals surface area contributed by atoms with Crippen molar-refractivity contribution in [1.29, 1.82) is 0 Å². The zero-order chi connectivity index (χ0) is 17.8. The van der Waals surface area contributed by atoms with E-state index < -0.39 is 0 Å². The van der Waals surface area contributed by atoms with Gasteiger partial charge in [0.1, 0.15) is 12.4 Å². The van der Waals surface area contributed by atoms with Gasteiger partial charge in [0.2, 0.25) is 0 Å². The topological polar surface area (TPSA) is 38.3 Å². The van der Waals surface area contributed by atoms with Crippen LogP contribution in [0.3, 0.4) is 0 Å². The van der Waals surface area contributed by atoms with Gasteiger partial charge in [0.15, 0.2) is 0 Å². The summed E-state index contributed by atoms with van der Waals surface area (Å²) in [5, 5.41) is 2.94. The molecule has 0 radical (unpaired) electrons. The van der Waals surface area contributed by atoms with Crippen LogP contribution in [0.4, 0.5) is 5.69 Å². The Labute approximate surface area is 156 Å². The van der Waals surface area contributed by atoms with Gasteiger partial charge in [-0.15, -0.1) is 0 Å². The summed E-state index contributed by atoms with van der Waals surface area (Å²) in [6, 6.07) is 25.6. The summed E-state index contributed by atoms with van der Waals surface area (Å²) in [6.07, 6.45) is 1.89. The first-order valence-electron chi connectivity index (χ1n) is 8.35. The van der Waals surface area contributed by atoms with Crippen LogP contribution in [-0.4, -0.2) is 5.91 Å². The summed E-state index contributed by atoms with van der Waals surface area (Å²) >= 11 is 1.48. The lowest BCUT2D eigenvalue weighted by Gasteiger charge is -2.18. The maximum Gasteiger partial charge on any atom is 0.262 e. The van der Waals surface area contributed by atoms with Crippen molar-refractivity contribution in [2.24, 2.45) is 0 Å². The van der Waals surface area contributed by atoms with Crippen LogP contribution in [-0.2, 0) is 11.4 Å². The van der Waals surface area contributed by atoms with E-state index in [-0.39, 0.29) is 5.91 Å². The smallest absolute Gasteiger partial charge is 0.262 e. The maximum atomic E-state index is 12.4. The molecule has 1 aliphatic rings. The molecule has 1 amide bonds. The van der Waals surface area contributed by atoms with E-state index in [1.165, 1.54) is 11.8 Å². The van der Waals surface area contributed by atoms with Gasteiger partial charge in [-0.05, 0) is 29.8 Å². The lowest BCUT2D eigenvalue weighted by Crippen LogP contribution is -2.17. The Morgan fingerprint density at radius 3 is 2.50 bits per heavy atom. The highest BCUT2D eigenvalue weighted by Crippen LogP contribution is 2.39. The number of fused-ring (bicyclic) bond motifs is 1. The molecule has 3 aromatic carbocycles. The van der Waals surface area contributed by atoms with Gasteiger partial charge < -0.3 is 10.1 Å². The molecule has 0 bridgehead atoms. The van der Waals surface area contributed by atoms with Crippen LogP contribution in [0.2, 0.25) is 0 Å². The number of ether oxygens (including phenoxy) is 1. The van der Waals surface area contributed by atoms with Gasteiger partial charge >= 0.3 is 0 Å². The average Bonchev–Trinajstić information content (AvgIpc) is 2.69. The third-order valence-electron chi connectivity index (χ3n) is 4.02. The Hall–Kier alpha value is -2.98. The number of para-hydroxylation sites is 2. The highest BCUT2D eigenvalue weighted by atomic mass is 32.2. The van der Waals surface area contributed by atoms with Crippen molar-refractivity contribution in [2.75, 3.05) is 5.32 Å². The Balaban J connectivity index is 1.58. The van der Waals surface area contributed by atoms with Crippen molar-refractivity contribution in [3.8, 4) is 5.75 Å². The molecule has 4 heteroatoms. The number of carbonyl (C=O) groups excluding carboxylic acids is 1. The van der Waals surface area contributed by atoms with Crippen LogP contribution in [0.1, 0.15) is 11.1 Å². The summed E-state index contributed by atoms with van der Waals surface area (Å²) in [6.45, 7) is 0.489. The molecule has 0 saturated heterocycles. The van der Waals surface area contributed by atoms with E-state index in [1.807, 2.05) is 84.9 Å². The van der Waals surface area contributed by atoms with Gasteiger partial charge in [-0.2, -0.15) is 0 Å². The number of thioether (sulfide) groups is 1. The van der Waals surface area contributed by atoms with Crippen molar-refractivity contribution in [3.63, 3.8) is 0 Å². The minimum absolute atomic E-state index is 0.0911. The molecule has 1 aliphatic heterocycles. The number of amides is 1. The SMILES string of the molecule is O=C1Nc2ccccc2S/C1=C\c1ccccc1OCc1ccccc1. The molecule has 0 saturated carbocycles. The summed E-state index contributed by atoms with van der Waals surface area (Å²) in [7, 11) is 0. The van der Waals surface area contributed by atoms with Crippen molar-refractivity contribution >= 4 is 29.4 Å². The van der Waals surface area contributed by atoms with E-state index in [0.717, 1.165) is 27.5 Å². The zero-order valence-corrected chi connectivity index (χ0v) is 14.8. The number of hydrogen-bond acceptors (Lipinski definition) is 3. The summed E-state index contributed by atoms with van der Waals surface area (Å²) in [5.41, 5.74) is 2.85. The third-order valence-corrected chi connectivity index (χ3v) is 5.12. The first-order chi connectivity index (χ1) is 12.8. The normalized spacial score (nSPS) is 14.6. The minimum atomic E-state index is -0.0911. The predicted molar refractivity (Wildman–Crippen MR) is 106 cm³/mol. The summed E-state index contributed by atoms with van der Waals surface area (Å²) < 4.78 is 5.98. The second-order valence-electron chi connectivity index (χ2n) is 5.87. The Morgan fingerprint density at radius 2 is 1.62 bits per heavy atom. The van der Waals surface area contributed by atoms with E-state index in [4.69, 9.17) is 4.74 Å². The molecule has 0 fully saturated rings. The van der Waals surface area contributed by atoms with E-state index >= 15 is 0 Å². The Bertz CT molecular complexity index is 967. The van der Waals surface area contributed by atoms with Crippen molar-refractivity contribution in [2.45, 2.75) is 11.5 Å². The zero-order valence-electron chi connectivity index (χ0n) is 14.0. The molecule has 1 heterocycles. The molecule has 3 aromatic rings. The molecule has 0 atom stereocenters. The van der Waals surface area contributed by atoms with Crippen LogP contribution < -0.4 is 10.1 Å². The fourth-order valence-electron chi connectivity index (χ4n) is 2.71. The standard InChI is InChI=1S/C22H17NO2S/c24-22-21(26-20-13-7-5-11-18(20)23-22)14-17-10-4-6-12-19(17)25-15-16-8-2-1-3-9-16/h1-14H,15H2,(H,23,24)/b21-14-. The highest BCUT2D eigenvalue weighted by Gasteiger charge is 2.20. The number of nitrogens with one attached hydrogen (secondary N) is 1. The van der Waals surface area contributed by atoms with Crippen LogP contribution in [0.15, 0.2) is 88.7 Å². The molecule has 128 valence electrons. The predicted octanol–water partition coefficient (Wildman–Crippen LogP) is 5.35. The molecule has 26 heavy (non-hydrogen) atoms. The van der Waals surface area contributed by atoms with Gasteiger partial charge in [0.05, 0.1) is 10.6 Å². The van der Waals surface area contributed by atoms with Gasteiger partial charge in [-0.1, -0.05) is 72.4 Å². The lowest BCUT2D eigenvalue weighted by molar-refractivity contribution is -0.112. The van der Waals surface area contributed by atoms with Crippen LogP contribution in [0.25, 0.3) is 6.08 Å². The van der Waals surface area contributed by atoms with Crippen molar-refractivity contribution in [3.05, 3.63) is 94.9 Å². The molecular formula is C22H17NO2S. The molecular weight excluding hydrogens is 342 g/mol. The lowest BCUT2D eigenvalue weighted by atomic mass is 10.1. The monoisotopic (exact) mass is 359 g/mol. The van der Waals surface area contributed by atoms with Gasteiger partial charge in [0.25, 0.3) is 5.91 Å². The van der Waals surface area contributed by atoms with Crippen LogP contribution >= 0.6 is 11.8 Å². The summed E-state index contributed by atoms with van der Waals surface area (Å²) in [4.78, 5) is 14.1. The third kappa shape index (κ3) is 3.65. The summed E-state index contributed by atoms with van der Waals surface area (Å²) in [5.74, 6) is 0.669. The van der Waals surface area contributed by atoms with E-state index in [0.29, 0.717) is 11.5 Å². The van der Waals surface area contributed by atoms with Crippen LogP contribution in [0, 0.1) is 0 Å². The van der Waals surface area contributed by atoms with E-state index in [2.05, 4.69) is 5.32 Å². The molecule has 0 aliphatic carbocycles. The number of benzene rings is 3. The highest BCUT2D eigenvalue weighted by molar-refractivity contribution is 8.04. The van der Waals surface area contributed by atoms with Crippen LogP contribution in [0.5, 0.6) is 5.75 Å².